The molecule has 0 saturated carbocycles. The molecule has 0 heterocycles. The number of ether oxygens (including phenoxy) is 1. The number of carbonyl (C=O) groups is 2. The molecule has 25 heavy (non-hydrogen) atoms. The number of benzene rings is 2. The highest BCUT2D eigenvalue weighted by Gasteiger charge is 2.17. The fourth-order valence-corrected chi connectivity index (χ4v) is 3.08. The summed E-state index contributed by atoms with van der Waals surface area (Å²) >= 11 is 3.54. The van der Waals surface area contributed by atoms with Gasteiger partial charge in [0.25, 0.3) is 5.91 Å². The summed E-state index contributed by atoms with van der Waals surface area (Å²) in [7, 11) is 0. The topological polar surface area (TPSA) is 58.6 Å². The van der Waals surface area contributed by atoms with Crippen molar-refractivity contribution in [3.8, 4) is 5.75 Å². The molecule has 134 valence electrons. The third-order valence-electron chi connectivity index (χ3n) is 3.70. The fourth-order valence-electron chi connectivity index (χ4n) is 2.47. The first kappa shape index (κ1) is 19.2. The van der Waals surface area contributed by atoms with E-state index in [4.69, 9.17) is 4.74 Å². The highest BCUT2D eigenvalue weighted by Crippen LogP contribution is 2.32. The Morgan fingerprint density at radius 1 is 1.20 bits per heavy atom. The second-order valence-corrected chi connectivity index (χ2v) is 6.81. The Kier molecular flexibility index (Phi) is 6.82. The Labute approximate surface area is 156 Å². The lowest BCUT2D eigenvalue weighted by Crippen LogP contribution is -2.44. The van der Waals surface area contributed by atoms with Crippen molar-refractivity contribution in [3.63, 3.8) is 0 Å². The Morgan fingerprint density at radius 3 is 2.60 bits per heavy atom. The molecule has 0 aliphatic heterocycles. The summed E-state index contributed by atoms with van der Waals surface area (Å²) in [5.74, 6) is 0.216. The average molecular weight is 407 g/mol. The van der Waals surface area contributed by atoms with Crippen molar-refractivity contribution in [3.05, 3.63) is 40.9 Å². The van der Waals surface area contributed by atoms with Gasteiger partial charge < -0.3 is 15.0 Å². The average Bonchev–Trinajstić information content (AvgIpc) is 2.58. The standard InChI is InChI=1S/C19H23BrN2O3/c1-4-22(11-17(23)21-13(2)3)18(24)12-25-16-10-9-14-7-5-6-8-15(14)19(16)20/h5-10,13H,4,11-12H2,1-3H3,(H,21,23). The van der Waals surface area contributed by atoms with E-state index in [1.807, 2.05) is 57.2 Å². The van der Waals surface area contributed by atoms with Gasteiger partial charge in [0.1, 0.15) is 5.75 Å². The smallest absolute Gasteiger partial charge is 0.260 e. The van der Waals surface area contributed by atoms with Gasteiger partial charge in [0.15, 0.2) is 6.61 Å². The molecule has 0 spiro atoms. The van der Waals surface area contributed by atoms with Crippen LogP contribution in [-0.4, -0.2) is 42.5 Å². The first-order valence-corrected chi connectivity index (χ1v) is 9.08. The van der Waals surface area contributed by atoms with Crippen LogP contribution in [0, 0.1) is 0 Å². The van der Waals surface area contributed by atoms with Crippen molar-refractivity contribution in [1.82, 2.24) is 10.2 Å². The number of amides is 2. The zero-order chi connectivity index (χ0) is 18.4. The van der Waals surface area contributed by atoms with Crippen molar-refractivity contribution >= 4 is 38.5 Å². The normalized spacial score (nSPS) is 10.8. The lowest BCUT2D eigenvalue weighted by atomic mass is 10.1. The quantitative estimate of drug-likeness (QED) is 0.766. The molecular weight excluding hydrogens is 384 g/mol. The zero-order valence-corrected chi connectivity index (χ0v) is 16.3. The van der Waals surface area contributed by atoms with Gasteiger partial charge >= 0.3 is 0 Å². The molecule has 0 atom stereocenters. The van der Waals surface area contributed by atoms with E-state index >= 15 is 0 Å². The number of halogens is 1. The molecule has 0 saturated heterocycles. The highest BCUT2D eigenvalue weighted by atomic mass is 79.9. The Morgan fingerprint density at radius 2 is 1.92 bits per heavy atom. The summed E-state index contributed by atoms with van der Waals surface area (Å²) in [5, 5.41) is 4.90. The van der Waals surface area contributed by atoms with Crippen molar-refractivity contribution in [2.45, 2.75) is 26.8 Å². The lowest BCUT2D eigenvalue weighted by Gasteiger charge is -2.21. The van der Waals surface area contributed by atoms with Gasteiger partial charge in [-0.3, -0.25) is 9.59 Å². The molecule has 0 bridgehead atoms. The summed E-state index contributed by atoms with van der Waals surface area (Å²) in [6, 6.07) is 11.8. The van der Waals surface area contributed by atoms with Crippen LogP contribution in [-0.2, 0) is 9.59 Å². The molecular formula is C19H23BrN2O3. The number of hydrogen-bond donors (Lipinski definition) is 1. The minimum Gasteiger partial charge on any atom is -0.483 e. The van der Waals surface area contributed by atoms with Crippen molar-refractivity contribution in [1.29, 1.82) is 0 Å². The molecule has 6 heteroatoms. The van der Waals surface area contributed by atoms with E-state index in [2.05, 4.69) is 21.2 Å². The molecule has 0 aromatic heterocycles. The molecule has 2 aromatic carbocycles. The third-order valence-corrected chi connectivity index (χ3v) is 4.52. The van der Waals surface area contributed by atoms with E-state index in [0.29, 0.717) is 12.3 Å². The van der Waals surface area contributed by atoms with Crippen LogP contribution in [0.25, 0.3) is 10.8 Å². The maximum atomic E-state index is 12.3. The van der Waals surface area contributed by atoms with Gasteiger partial charge in [-0.1, -0.05) is 30.3 Å². The molecule has 0 aliphatic carbocycles. The van der Waals surface area contributed by atoms with E-state index in [1.165, 1.54) is 4.90 Å². The first-order chi connectivity index (χ1) is 11.9. The fraction of sp³-hybridized carbons (Fsp3) is 0.368. The molecule has 0 unspecified atom stereocenters. The van der Waals surface area contributed by atoms with E-state index in [1.54, 1.807) is 0 Å². The molecule has 0 radical (unpaired) electrons. The van der Waals surface area contributed by atoms with Gasteiger partial charge in [0.05, 0.1) is 11.0 Å². The van der Waals surface area contributed by atoms with Gasteiger partial charge in [-0.2, -0.15) is 0 Å². The van der Waals surface area contributed by atoms with E-state index in [-0.39, 0.29) is 31.0 Å². The first-order valence-electron chi connectivity index (χ1n) is 8.29. The summed E-state index contributed by atoms with van der Waals surface area (Å²) in [6.45, 7) is 5.99. The molecule has 5 nitrogen and oxygen atoms in total. The number of fused-ring (bicyclic) bond motifs is 1. The SMILES string of the molecule is CCN(CC(=O)NC(C)C)C(=O)COc1ccc2ccccc2c1Br. The van der Waals surface area contributed by atoms with Crippen molar-refractivity contribution in [2.75, 3.05) is 19.7 Å². The predicted octanol–water partition coefficient (Wildman–Crippen LogP) is 3.35. The minimum absolute atomic E-state index is 0.0375. The van der Waals surface area contributed by atoms with Gasteiger partial charge in [-0.05, 0) is 53.5 Å². The van der Waals surface area contributed by atoms with Gasteiger partial charge in [0, 0.05) is 12.6 Å². The van der Waals surface area contributed by atoms with Crippen LogP contribution in [0.4, 0.5) is 0 Å². The Bertz CT molecular complexity index is 761. The van der Waals surface area contributed by atoms with Crippen LogP contribution in [0.5, 0.6) is 5.75 Å². The highest BCUT2D eigenvalue weighted by molar-refractivity contribution is 9.10. The maximum absolute atomic E-state index is 12.3. The number of carbonyl (C=O) groups excluding carboxylic acids is 2. The van der Waals surface area contributed by atoms with Crippen LogP contribution in [0.1, 0.15) is 20.8 Å². The minimum atomic E-state index is -0.221. The van der Waals surface area contributed by atoms with Crippen LogP contribution in [0.3, 0.4) is 0 Å². The second-order valence-electron chi connectivity index (χ2n) is 6.02. The number of nitrogens with one attached hydrogen (secondary N) is 1. The van der Waals surface area contributed by atoms with Crippen molar-refractivity contribution in [2.24, 2.45) is 0 Å². The second kappa shape index (κ2) is 8.85. The van der Waals surface area contributed by atoms with Gasteiger partial charge in [-0.25, -0.2) is 0 Å². The van der Waals surface area contributed by atoms with Crippen LogP contribution in [0.15, 0.2) is 40.9 Å². The van der Waals surface area contributed by atoms with E-state index in [9.17, 15) is 9.59 Å². The number of nitrogens with zero attached hydrogens (tertiary/aromatic N) is 1. The van der Waals surface area contributed by atoms with E-state index in [0.717, 1.165) is 15.2 Å². The van der Waals surface area contributed by atoms with Gasteiger partial charge in [0.2, 0.25) is 5.91 Å². The van der Waals surface area contributed by atoms with Gasteiger partial charge in [-0.15, -0.1) is 0 Å². The lowest BCUT2D eigenvalue weighted by molar-refractivity contribution is -0.137. The van der Waals surface area contributed by atoms with E-state index < -0.39 is 0 Å². The number of hydrogen-bond acceptors (Lipinski definition) is 3. The maximum Gasteiger partial charge on any atom is 0.260 e. The molecule has 0 aliphatic rings. The molecule has 2 aromatic rings. The predicted molar refractivity (Wildman–Crippen MR) is 103 cm³/mol. The van der Waals surface area contributed by atoms with Crippen molar-refractivity contribution < 1.29 is 14.3 Å². The summed E-state index contributed by atoms with van der Waals surface area (Å²) in [5.41, 5.74) is 0. The van der Waals surface area contributed by atoms with Crippen LogP contribution >= 0.6 is 15.9 Å². The molecule has 1 N–H and O–H groups in total. The summed E-state index contributed by atoms with van der Waals surface area (Å²) in [6.07, 6.45) is 0. The molecule has 0 fully saturated rings. The zero-order valence-electron chi connectivity index (χ0n) is 14.7. The molecule has 2 amide bonds. The third kappa shape index (κ3) is 5.19. The number of rotatable bonds is 7. The summed E-state index contributed by atoms with van der Waals surface area (Å²) < 4.78 is 6.50. The largest absolute Gasteiger partial charge is 0.483 e. The van der Waals surface area contributed by atoms with Crippen LogP contribution < -0.4 is 10.1 Å². The molecule has 2 rings (SSSR count). The Hall–Kier alpha value is -2.08. The monoisotopic (exact) mass is 406 g/mol. The summed E-state index contributed by atoms with van der Waals surface area (Å²) in [4.78, 5) is 25.7. The number of likely N-dealkylation sites (N-methyl/N-ethyl adjacent to an activating group) is 1. The van der Waals surface area contributed by atoms with Crippen LogP contribution in [0.2, 0.25) is 0 Å². The Balaban J connectivity index is 2.01.